The van der Waals surface area contributed by atoms with Gasteiger partial charge in [-0.1, -0.05) is 30.3 Å². The van der Waals surface area contributed by atoms with Gasteiger partial charge >= 0.3 is 11.9 Å². The Morgan fingerprint density at radius 3 is 2.24 bits per heavy atom. The molecule has 1 atom stereocenters. The van der Waals surface area contributed by atoms with Crippen LogP contribution in [0.15, 0.2) is 30.3 Å². The van der Waals surface area contributed by atoms with E-state index in [4.69, 9.17) is 10.2 Å². The molecule has 1 aromatic rings. The van der Waals surface area contributed by atoms with Gasteiger partial charge in [0.2, 0.25) is 6.41 Å². The average Bonchev–Trinajstić information content (AvgIpc) is 2.28. The zero-order valence-electron chi connectivity index (χ0n) is 8.81. The summed E-state index contributed by atoms with van der Waals surface area (Å²) >= 11 is 0. The number of nitrogens with zero attached hydrogens (tertiary/aromatic N) is 1. The lowest BCUT2D eigenvalue weighted by Gasteiger charge is -2.23. The van der Waals surface area contributed by atoms with Crippen molar-refractivity contribution in [3.8, 4) is 0 Å². The van der Waals surface area contributed by atoms with Crippen LogP contribution in [0.2, 0.25) is 0 Å². The normalized spacial score (nSPS) is 11.5. The van der Waals surface area contributed by atoms with E-state index in [2.05, 4.69) is 0 Å². The lowest BCUT2D eigenvalue weighted by atomic mass is 10.1. The first-order chi connectivity index (χ1) is 8.06. The molecule has 0 aliphatic rings. The van der Waals surface area contributed by atoms with Crippen molar-refractivity contribution >= 4 is 18.3 Å². The minimum absolute atomic E-state index is 0.222. The molecule has 0 aliphatic heterocycles. The van der Waals surface area contributed by atoms with Crippen LogP contribution in [-0.2, 0) is 14.4 Å². The van der Waals surface area contributed by atoms with Crippen LogP contribution >= 0.6 is 0 Å². The van der Waals surface area contributed by atoms with Gasteiger partial charge in [-0.3, -0.25) is 9.59 Å². The molecule has 0 saturated carbocycles. The average molecular weight is 237 g/mol. The molecule has 1 rings (SSSR count). The van der Waals surface area contributed by atoms with Crippen molar-refractivity contribution < 1.29 is 24.6 Å². The molecule has 1 unspecified atom stereocenters. The van der Waals surface area contributed by atoms with E-state index in [1.165, 1.54) is 12.1 Å². The van der Waals surface area contributed by atoms with Gasteiger partial charge in [-0.25, -0.2) is 4.79 Å². The molecule has 1 amide bonds. The third-order valence-corrected chi connectivity index (χ3v) is 2.13. The third-order valence-electron chi connectivity index (χ3n) is 2.13. The highest BCUT2D eigenvalue weighted by Crippen LogP contribution is 2.19. The van der Waals surface area contributed by atoms with E-state index in [0.29, 0.717) is 5.56 Å². The maximum atomic E-state index is 11.1. The second-order valence-corrected chi connectivity index (χ2v) is 3.32. The first-order valence-corrected chi connectivity index (χ1v) is 4.77. The Balaban J connectivity index is 3.03. The SMILES string of the molecule is O=CN(CC(=O)O)C(C(=O)O)c1ccccc1. The van der Waals surface area contributed by atoms with Gasteiger partial charge in [0.1, 0.15) is 6.54 Å². The van der Waals surface area contributed by atoms with Crippen molar-refractivity contribution in [3.05, 3.63) is 35.9 Å². The number of carboxylic acids is 2. The number of benzene rings is 1. The van der Waals surface area contributed by atoms with Crippen LogP contribution in [0.25, 0.3) is 0 Å². The van der Waals surface area contributed by atoms with Gasteiger partial charge in [0, 0.05) is 0 Å². The molecule has 1 aromatic carbocycles. The van der Waals surface area contributed by atoms with Crippen LogP contribution in [0.5, 0.6) is 0 Å². The van der Waals surface area contributed by atoms with E-state index >= 15 is 0 Å². The molecular formula is C11H11NO5. The van der Waals surface area contributed by atoms with Gasteiger partial charge in [-0.05, 0) is 5.56 Å². The van der Waals surface area contributed by atoms with Gasteiger partial charge in [-0.2, -0.15) is 0 Å². The van der Waals surface area contributed by atoms with Crippen molar-refractivity contribution in [2.45, 2.75) is 6.04 Å². The van der Waals surface area contributed by atoms with Crippen LogP contribution in [0.3, 0.4) is 0 Å². The second-order valence-electron chi connectivity index (χ2n) is 3.32. The molecule has 90 valence electrons. The molecule has 0 aliphatic carbocycles. The van der Waals surface area contributed by atoms with E-state index in [9.17, 15) is 14.4 Å². The lowest BCUT2D eigenvalue weighted by molar-refractivity contribution is -0.150. The topological polar surface area (TPSA) is 94.9 Å². The maximum Gasteiger partial charge on any atom is 0.331 e. The monoisotopic (exact) mass is 237 g/mol. The first-order valence-electron chi connectivity index (χ1n) is 4.77. The third kappa shape index (κ3) is 3.30. The van der Waals surface area contributed by atoms with Crippen molar-refractivity contribution in [2.75, 3.05) is 6.54 Å². The highest BCUT2D eigenvalue weighted by atomic mass is 16.4. The van der Waals surface area contributed by atoms with Crippen molar-refractivity contribution in [3.63, 3.8) is 0 Å². The standard InChI is InChI=1S/C11H11NO5/c13-7-12(6-9(14)15)10(11(16)17)8-4-2-1-3-5-8/h1-5,7,10H,6H2,(H,14,15)(H,16,17). The number of hydrogen-bond donors (Lipinski definition) is 2. The van der Waals surface area contributed by atoms with Gasteiger partial charge in [-0.15, -0.1) is 0 Å². The molecule has 0 heterocycles. The van der Waals surface area contributed by atoms with Gasteiger partial charge in [0.05, 0.1) is 0 Å². The van der Waals surface area contributed by atoms with E-state index in [1.807, 2.05) is 0 Å². The molecule has 17 heavy (non-hydrogen) atoms. The fourth-order valence-corrected chi connectivity index (χ4v) is 1.46. The zero-order valence-corrected chi connectivity index (χ0v) is 8.81. The summed E-state index contributed by atoms with van der Waals surface area (Å²) in [7, 11) is 0. The molecular weight excluding hydrogens is 226 g/mol. The fourth-order valence-electron chi connectivity index (χ4n) is 1.46. The van der Waals surface area contributed by atoms with E-state index in [1.54, 1.807) is 18.2 Å². The number of rotatable bonds is 6. The molecule has 0 bridgehead atoms. The summed E-state index contributed by atoms with van der Waals surface area (Å²) in [5, 5.41) is 17.6. The van der Waals surface area contributed by atoms with Crippen molar-refractivity contribution in [2.24, 2.45) is 0 Å². The fraction of sp³-hybridized carbons (Fsp3) is 0.182. The Kier molecular flexibility index (Phi) is 4.21. The zero-order chi connectivity index (χ0) is 12.8. The summed E-state index contributed by atoms with van der Waals surface area (Å²) in [5.41, 5.74) is 0.355. The molecule has 0 fully saturated rings. The largest absolute Gasteiger partial charge is 0.480 e. The predicted octanol–water partition coefficient (Wildman–Crippen LogP) is 0.355. The minimum atomic E-state index is -1.29. The number of amides is 1. The quantitative estimate of drug-likeness (QED) is 0.696. The minimum Gasteiger partial charge on any atom is -0.480 e. The molecule has 0 spiro atoms. The van der Waals surface area contributed by atoms with E-state index < -0.39 is 24.5 Å². The van der Waals surface area contributed by atoms with Crippen molar-refractivity contribution in [1.82, 2.24) is 4.90 Å². The van der Waals surface area contributed by atoms with Gasteiger partial charge in [0.25, 0.3) is 0 Å². The smallest absolute Gasteiger partial charge is 0.331 e. The van der Waals surface area contributed by atoms with Crippen LogP contribution in [0.4, 0.5) is 0 Å². The predicted molar refractivity (Wildman–Crippen MR) is 57.2 cm³/mol. The summed E-state index contributed by atoms with van der Waals surface area (Å²) in [6, 6.07) is 6.70. The maximum absolute atomic E-state index is 11.1. The molecule has 0 aromatic heterocycles. The van der Waals surface area contributed by atoms with Gasteiger partial charge in [0.15, 0.2) is 6.04 Å². The number of hydrogen-bond acceptors (Lipinski definition) is 3. The van der Waals surface area contributed by atoms with Crippen LogP contribution in [0.1, 0.15) is 11.6 Å². The molecule has 6 heteroatoms. The molecule has 2 N–H and O–H groups in total. The number of aliphatic carboxylic acids is 2. The van der Waals surface area contributed by atoms with Crippen LogP contribution in [-0.4, -0.2) is 40.0 Å². The summed E-state index contributed by atoms with van der Waals surface area (Å²) in [6.07, 6.45) is 0.222. The van der Waals surface area contributed by atoms with Gasteiger partial charge < -0.3 is 15.1 Å². The first kappa shape index (κ1) is 12.7. The summed E-state index contributed by atoms with van der Waals surface area (Å²) in [6.45, 7) is -0.657. The lowest BCUT2D eigenvalue weighted by Crippen LogP contribution is -2.36. The Labute approximate surface area is 97.1 Å². The summed E-state index contributed by atoms with van der Waals surface area (Å²) in [5.74, 6) is -2.54. The second kappa shape index (κ2) is 5.64. The van der Waals surface area contributed by atoms with Crippen LogP contribution in [0, 0.1) is 0 Å². The highest BCUT2D eigenvalue weighted by Gasteiger charge is 2.27. The van der Waals surface area contributed by atoms with E-state index in [0.717, 1.165) is 4.90 Å². The highest BCUT2D eigenvalue weighted by molar-refractivity contribution is 5.80. The molecule has 0 saturated heterocycles. The summed E-state index contributed by atoms with van der Waals surface area (Å²) in [4.78, 5) is 33.1. The molecule has 0 radical (unpaired) electrons. The Morgan fingerprint density at radius 1 is 1.24 bits per heavy atom. The number of carbonyl (C=O) groups is 3. The Morgan fingerprint density at radius 2 is 1.82 bits per heavy atom. The Hall–Kier alpha value is -2.37. The molecule has 6 nitrogen and oxygen atoms in total. The van der Waals surface area contributed by atoms with Crippen LogP contribution < -0.4 is 0 Å². The van der Waals surface area contributed by atoms with E-state index in [-0.39, 0.29) is 6.41 Å². The Bertz CT molecular complexity index is 417. The summed E-state index contributed by atoms with van der Waals surface area (Å²) < 4.78 is 0. The number of carbonyl (C=O) groups excluding carboxylic acids is 1. The number of carboxylic acid groups (broad SMARTS) is 2. The van der Waals surface area contributed by atoms with Crippen molar-refractivity contribution in [1.29, 1.82) is 0 Å².